The van der Waals surface area contributed by atoms with Crippen LogP contribution in [0, 0.1) is 21.4 Å². The Morgan fingerprint density at radius 2 is 2.08 bits per heavy atom. The van der Waals surface area contributed by atoms with Crippen molar-refractivity contribution in [3.05, 3.63) is 22.2 Å². The number of carboxylic acid groups (broad SMARTS) is 1. The molecular formula is C17H24N4O5. The molecule has 2 fully saturated rings. The van der Waals surface area contributed by atoms with Gasteiger partial charge in [-0.05, 0) is 17.9 Å². The minimum absolute atomic E-state index is 0.00832. The van der Waals surface area contributed by atoms with Gasteiger partial charge < -0.3 is 19.6 Å². The van der Waals surface area contributed by atoms with Crippen molar-refractivity contribution < 1.29 is 19.6 Å². The van der Waals surface area contributed by atoms with Crippen molar-refractivity contribution in [2.75, 3.05) is 25.1 Å². The zero-order valence-electron chi connectivity index (χ0n) is 15.4. The third-order valence-corrected chi connectivity index (χ3v) is 5.38. The summed E-state index contributed by atoms with van der Waals surface area (Å²) < 4.78 is 5.11. The van der Waals surface area contributed by atoms with Gasteiger partial charge in [-0.15, -0.1) is 0 Å². The number of methoxy groups -OCH3 is 1. The number of ether oxygens (including phenoxy) is 1. The smallest absolute Gasteiger partial charge is 0.407 e. The van der Waals surface area contributed by atoms with Crippen LogP contribution in [0.5, 0.6) is 5.88 Å². The normalized spacial score (nSPS) is 25.3. The van der Waals surface area contributed by atoms with Crippen LogP contribution in [0.3, 0.4) is 0 Å². The van der Waals surface area contributed by atoms with Crippen molar-refractivity contribution in [1.29, 1.82) is 0 Å². The van der Waals surface area contributed by atoms with E-state index in [4.69, 9.17) is 4.74 Å². The summed E-state index contributed by atoms with van der Waals surface area (Å²) in [5, 5.41) is 20.5. The number of aromatic nitrogens is 1. The van der Waals surface area contributed by atoms with Crippen molar-refractivity contribution in [1.82, 2.24) is 9.88 Å². The SMILES string of the molecule is COc1nc(N2C(C(C)(C)C)C[C@@H]3CN(C(=O)O)C[C@@H]32)ccc1[N+](=O)[O-]. The predicted molar refractivity (Wildman–Crippen MR) is 94.7 cm³/mol. The first-order chi connectivity index (χ1) is 12.1. The summed E-state index contributed by atoms with van der Waals surface area (Å²) in [4.78, 5) is 29.9. The van der Waals surface area contributed by atoms with E-state index in [1.165, 1.54) is 18.1 Å². The van der Waals surface area contributed by atoms with Gasteiger partial charge in [0.25, 0.3) is 5.88 Å². The molecule has 9 nitrogen and oxygen atoms in total. The molecule has 9 heteroatoms. The summed E-state index contributed by atoms with van der Waals surface area (Å²) in [7, 11) is 1.36. The van der Waals surface area contributed by atoms with Gasteiger partial charge in [-0.2, -0.15) is 4.98 Å². The summed E-state index contributed by atoms with van der Waals surface area (Å²) >= 11 is 0. The minimum atomic E-state index is -0.916. The number of amides is 1. The molecule has 0 aromatic carbocycles. The number of likely N-dealkylation sites (tertiary alicyclic amines) is 1. The lowest BCUT2D eigenvalue weighted by atomic mass is 9.83. The van der Waals surface area contributed by atoms with E-state index < -0.39 is 11.0 Å². The Morgan fingerprint density at radius 1 is 1.38 bits per heavy atom. The monoisotopic (exact) mass is 364 g/mol. The van der Waals surface area contributed by atoms with Gasteiger partial charge in [-0.25, -0.2) is 4.79 Å². The lowest BCUT2D eigenvalue weighted by molar-refractivity contribution is -0.386. The maximum Gasteiger partial charge on any atom is 0.407 e. The molecule has 2 saturated heterocycles. The molecule has 3 rings (SSSR count). The zero-order chi connectivity index (χ0) is 19.2. The van der Waals surface area contributed by atoms with E-state index >= 15 is 0 Å². The topological polar surface area (TPSA) is 109 Å². The second kappa shape index (κ2) is 6.30. The highest BCUT2D eigenvalue weighted by Gasteiger charge is 2.51. The third kappa shape index (κ3) is 3.02. The Hall–Kier alpha value is -2.58. The number of hydrogen-bond donors (Lipinski definition) is 1. The number of pyridine rings is 1. The molecule has 0 radical (unpaired) electrons. The van der Waals surface area contributed by atoms with E-state index in [1.807, 2.05) is 0 Å². The summed E-state index contributed by atoms with van der Waals surface area (Å²) in [5.41, 5.74) is -0.229. The zero-order valence-corrected chi connectivity index (χ0v) is 15.4. The van der Waals surface area contributed by atoms with Crippen LogP contribution in [-0.4, -0.2) is 58.3 Å². The summed E-state index contributed by atoms with van der Waals surface area (Å²) in [5.74, 6) is 0.780. The molecule has 2 aliphatic heterocycles. The van der Waals surface area contributed by atoms with Gasteiger partial charge in [0, 0.05) is 31.1 Å². The van der Waals surface area contributed by atoms with Crippen molar-refractivity contribution >= 4 is 17.6 Å². The van der Waals surface area contributed by atoms with Gasteiger partial charge >= 0.3 is 11.8 Å². The first-order valence-corrected chi connectivity index (χ1v) is 8.59. The highest BCUT2D eigenvalue weighted by Crippen LogP contribution is 2.45. The van der Waals surface area contributed by atoms with Gasteiger partial charge in [-0.3, -0.25) is 10.1 Å². The van der Waals surface area contributed by atoms with E-state index in [0.717, 1.165) is 6.42 Å². The van der Waals surface area contributed by atoms with Crippen LogP contribution in [0.4, 0.5) is 16.3 Å². The first-order valence-electron chi connectivity index (χ1n) is 8.59. The molecule has 142 valence electrons. The number of hydrogen-bond acceptors (Lipinski definition) is 6. The summed E-state index contributed by atoms with van der Waals surface area (Å²) in [6, 6.07) is 3.20. The fraction of sp³-hybridized carbons (Fsp3) is 0.647. The van der Waals surface area contributed by atoms with E-state index in [2.05, 4.69) is 30.7 Å². The number of rotatable bonds is 3. The van der Waals surface area contributed by atoms with E-state index in [9.17, 15) is 20.0 Å². The number of nitrogens with zero attached hydrogens (tertiary/aromatic N) is 4. The van der Waals surface area contributed by atoms with Crippen LogP contribution >= 0.6 is 0 Å². The number of anilines is 1. The van der Waals surface area contributed by atoms with E-state index in [-0.39, 0.29) is 35.0 Å². The highest BCUT2D eigenvalue weighted by molar-refractivity contribution is 5.66. The number of carbonyl (C=O) groups is 1. The Bertz CT molecular complexity index is 732. The van der Waals surface area contributed by atoms with Gasteiger partial charge in [0.05, 0.1) is 18.1 Å². The second-order valence-corrected chi connectivity index (χ2v) is 7.99. The average Bonchev–Trinajstić information content (AvgIpc) is 3.11. The maximum atomic E-state index is 11.4. The molecule has 26 heavy (non-hydrogen) atoms. The summed E-state index contributed by atoms with van der Waals surface area (Å²) in [6.45, 7) is 7.34. The largest absolute Gasteiger partial charge is 0.476 e. The molecule has 1 aromatic rings. The van der Waals surface area contributed by atoms with Gasteiger partial charge in [0.2, 0.25) is 0 Å². The average molecular weight is 364 g/mol. The van der Waals surface area contributed by atoms with E-state index in [1.54, 1.807) is 6.07 Å². The quantitative estimate of drug-likeness (QED) is 0.648. The second-order valence-electron chi connectivity index (χ2n) is 7.99. The van der Waals surface area contributed by atoms with Crippen molar-refractivity contribution in [3.63, 3.8) is 0 Å². The molecule has 1 aromatic heterocycles. The highest BCUT2D eigenvalue weighted by atomic mass is 16.6. The van der Waals surface area contributed by atoms with Crippen molar-refractivity contribution in [2.24, 2.45) is 11.3 Å². The molecule has 1 N–H and O–H groups in total. The van der Waals surface area contributed by atoms with Gasteiger partial charge in [0.1, 0.15) is 5.82 Å². The van der Waals surface area contributed by atoms with Crippen molar-refractivity contribution in [2.45, 2.75) is 39.3 Å². The molecule has 0 saturated carbocycles. The van der Waals surface area contributed by atoms with Crippen LogP contribution in [0.15, 0.2) is 12.1 Å². The number of nitro groups is 1. The molecule has 0 aliphatic carbocycles. The van der Waals surface area contributed by atoms with Crippen LogP contribution in [0.2, 0.25) is 0 Å². The lowest BCUT2D eigenvalue weighted by Gasteiger charge is -2.39. The fourth-order valence-electron chi connectivity index (χ4n) is 4.15. The van der Waals surface area contributed by atoms with Crippen LogP contribution < -0.4 is 9.64 Å². The standard InChI is InChI=1S/C17H24N4O5/c1-17(2,3)13-7-10-8-19(16(22)23)9-12(10)20(13)14-6-5-11(21(24)25)15(18-14)26-4/h5-6,10,12-13H,7-9H2,1-4H3,(H,22,23)/t10-,12+,13?/m1/s1. The Kier molecular flexibility index (Phi) is 4.41. The van der Waals surface area contributed by atoms with Crippen LogP contribution in [-0.2, 0) is 0 Å². The minimum Gasteiger partial charge on any atom is -0.476 e. The van der Waals surface area contributed by atoms with Crippen molar-refractivity contribution in [3.8, 4) is 5.88 Å². The molecule has 3 atom stereocenters. The molecule has 2 aliphatic rings. The summed E-state index contributed by atoms with van der Waals surface area (Å²) in [6.07, 6.45) is -0.0558. The molecule has 0 spiro atoms. The third-order valence-electron chi connectivity index (χ3n) is 5.38. The van der Waals surface area contributed by atoms with Crippen LogP contribution in [0.25, 0.3) is 0 Å². The first kappa shape index (κ1) is 18.2. The van der Waals surface area contributed by atoms with Gasteiger partial charge in [-0.1, -0.05) is 20.8 Å². The lowest BCUT2D eigenvalue weighted by Crippen LogP contribution is -2.46. The Balaban J connectivity index is 2.01. The predicted octanol–water partition coefficient (Wildman–Crippen LogP) is 2.60. The molecular weight excluding hydrogens is 340 g/mol. The van der Waals surface area contributed by atoms with Crippen LogP contribution in [0.1, 0.15) is 27.2 Å². The number of fused-ring (bicyclic) bond motifs is 1. The molecule has 3 heterocycles. The van der Waals surface area contributed by atoms with E-state index in [0.29, 0.717) is 18.9 Å². The Labute approximate surface area is 151 Å². The molecule has 1 unspecified atom stereocenters. The fourth-order valence-corrected chi connectivity index (χ4v) is 4.15. The maximum absolute atomic E-state index is 11.4. The Morgan fingerprint density at radius 3 is 2.62 bits per heavy atom. The molecule has 1 amide bonds. The molecule has 0 bridgehead atoms. The van der Waals surface area contributed by atoms with Gasteiger partial charge in [0.15, 0.2) is 0 Å².